The van der Waals surface area contributed by atoms with Crippen molar-refractivity contribution in [1.82, 2.24) is 10.4 Å². The number of carbonyl (C=O) groups is 1. The lowest BCUT2D eigenvalue weighted by atomic mass is 9.78. The van der Waals surface area contributed by atoms with E-state index in [4.69, 9.17) is 4.84 Å². The van der Waals surface area contributed by atoms with Gasteiger partial charge >= 0.3 is 6.03 Å². The van der Waals surface area contributed by atoms with Crippen LogP contribution in [-0.2, 0) is 11.3 Å². The Morgan fingerprint density at radius 3 is 2.71 bits per heavy atom. The lowest BCUT2D eigenvalue weighted by molar-refractivity contribution is 0.176. The van der Waals surface area contributed by atoms with Crippen molar-refractivity contribution in [3.05, 3.63) is 71.3 Å². The molecule has 2 aliphatic rings. The summed E-state index contributed by atoms with van der Waals surface area (Å²) in [7, 11) is 0. The van der Waals surface area contributed by atoms with Crippen LogP contribution in [-0.4, -0.2) is 17.6 Å². The zero-order valence-electron chi connectivity index (χ0n) is 11.5. The monoisotopic (exact) mass is 280 g/mol. The molecule has 106 valence electrons. The van der Waals surface area contributed by atoms with Crippen LogP contribution in [0.15, 0.2) is 54.6 Å². The van der Waals surface area contributed by atoms with Crippen LogP contribution in [0.1, 0.15) is 28.8 Å². The second kappa shape index (κ2) is 4.90. The topological polar surface area (TPSA) is 44.6 Å². The van der Waals surface area contributed by atoms with Crippen molar-refractivity contribution in [1.29, 1.82) is 0 Å². The summed E-state index contributed by atoms with van der Waals surface area (Å²) in [5, 5.41) is 4.34. The average Bonchev–Trinajstić information content (AvgIpc) is 3.29. The van der Waals surface area contributed by atoms with E-state index >= 15 is 0 Å². The Hall–Kier alpha value is -2.33. The SMILES string of the molecule is O=C(NCC1Cc2ccccc21)N1OC1c1ccccc1. The number of benzene rings is 2. The van der Waals surface area contributed by atoms with E-state index in [0.29, 0.717) is 12.5 Å². The Morgan fingerprint density at radius 1 is 1.14 bits per heavy atom. The fourth-order valence-electron chi connectivity index (χ4n) is 2.88. The predicted molar refractivity (Wildman–Crippen MR) is 78.4 cm³/mol. The van der Waals surface area contributed by atoms with Gasteiger partial charge in [-0.25, -0.2) is 9.63 Å². The Bertz CT molecular complexity index is 672. The largest absolute Gasteiger partial charge is 0.344 e. The molecule has 1 aliphatic heterocycles. The van der Waals surface area contributed by atoms with Gasteiger partial charge in [0.1, 0.15) is 0 Å². The maximum absolute atomic E-state index is 12.0. The number of nitrogens with zero attached hydrogens (tertiary/aromatic N) is 1. The fraction of sp³-hybridized carbons (Fsp3) is 0.235. The minimum absolute atomic E-state index is 0.159. The molecule has 1 saturated heterocycles. The van der Waals surface area contributed by atoms with E-state index in [-0.39, 0.29) is 12.3 Å². The van der Waals surface area contributed by atoms with Gasteiger partial charge in [-0.05, 0) is 17.5 Å². The molecule has 2 atom stereocenters. The van der Waals surface area contributed by atoms with E-state index < -0.39 is 0 Å². The summed E-state index contributed by atoms with van der Waals surface area (Å²) in [6, 6.07) is 18.0. The summed E-state index contributed by atoms with van der Waals surface area (Å²) >= 11 is 0. The highest BCUT2D eigenvalue weighted by molar-refractivity contribution is 5.75. The molecule has 1 heterocycles. The molecule has 1 fully saturated rings. The number of amides is 2. The van der Waals surface area contributed by atoms with Crippen LogP contribution in [0.25, 0.3) is 0 Å². The Balaban J connectivity index is 1.31. The predicted octanol–water partition coefficient (Wildman–Crippen LogP) is 2.98. The number of rotatable bonds is 3. The number of carbonyl (C=O) groups excluding carboxylic acids is 1. The molecule has 0 saturated carbocycles. The van der Waals surface area contributed by atoms with Gasteiger partial charge in [0.05, 0.1) is 0 Å². The third-order valence-electron chi connectivity index (χ3n) is 4.13. The number of hydroxylamine groups is 2. The van der Waals surface area contributed by atoms with Gasteiger partial charge in [0.25, 0.3) is 0 Å². The summed E-state index contributed by atoms with van der Waals surface area (Å²) in [6.45, 7) is 0.664. The number of hydrogen-bond acceptors (Lipinski definition) is 2. The Labute approximate surface area is 123 Å². The molecular formula is C17H16N2O2. The number of nitrogens with one attached hydrogen (secondary N) is 1. The van der Waals surface area contributed by atoms with Gasteiger partial charge in [-0.2, -0.15) is 5.06 Å². The van der Waals surface area contributed by atoms with Crippen molar-refractivity contribution in [3.63, 3.8) is 0 Å². The van der Waals surface area contributed by atoms with E-state index in [1.807, 2.05) is 36.4 Å². The Morgan fingerprint density at radius 2 is 1.90 bits per heavy atom. The van der Waals surface area contributed by atoms with Crippen molar-refractivity contribution in [2.75, 3.05) is 6.54 Å². The van der Waals surface area contributed by atoms with E-state index in [0.717, 1.165) is 12.0 Å². The van der Waals surface area contributed by atoms with Gasteiger partial charge in [-0.3, -0.25) is 0 Å². The summed E-state index contributed by atoms with van der Waals surface area (Å²) in [4.78, 5) is 17.4. The van der Waals surface area contributed by atoms with Gasteiger partial charge in [-0.1, -0.05) is 54.6 Å². The van der Waals surface area contributed by atoms with E-state index in [1.54, 1.807) is 0 Å². The smallest absolute Gasteiger partial charge is 0.335 e. The molecule has 2 unspecified atom stereocenters. The minimum atomic E-state index is -0.236. The maximum atomic E-state index is 12.0. The molecule has 0 bridgehead atoms. The molecule has 4 heteroatoms. The van der Waals surface area contributed by atoms with Crippen LogP contribution >= 0.6 is 0 Å². The molecule has 0 radical (unpaired) electrons. The van der Waals surface area contributed by atoms with Gasteiger partial charge in [0.2, 0.25) is 6.23 Å². The lowest BCUT2D eigenvalue weighted by Crippen LogP contribution is -2.35. The maximum Gasteiger partial charge on any atom is 0.344 e. The molecule has 1 aliphatic carbocycles. The molecule has 2 aromatic carbocycles. The van der Waals surface area contributed by atoms with Crippen LogP contribution in [0.5, 0.6) is 0 Å². The fourth-order valence-corrected chi connectivity index (χ4v) is 2.88. The summed E-state index contributed by atoms with van der Waals surface area (Å²) in [5.74, 6) is 0.431. The molecule has 0 spiro atoms. The summed E-state index contributed by atoms with van der Waals surface area (Å²) in [6.07, 6.45) is 0.805. The summed E-state index contributed by atoms with van der Waals surface area (Å²) in [5.41, 5.74) is 3.74. The van der Waals surface area contributed by atoms with Crippen molar-refractivity contribution in [2.24, 2.45) is 0 Å². The highest BCUT2D eigenvalue weighted by Gasteiger charge is 2.43. The van der Waals surface area contributed by atoms with Crippen LogP contribution < -0.4 is 5.32 Å². The summed E-state index contributed by atoms with van der Waals surface area (Å²) < 4.78 is 0. The zero-order chi connectivity index (χ0) is 14.2. The average molecular weight is 280 g/mol. The number of urea groups is 1. The minimum Gasteiger partial charge on any atom is -0.335 e. The molecule has 1 N–H and O–H groups in total. The first-order chi connectivity index (χ1) is 10.3. The second-order valence-corrected chi connectivity index (χ2v) is 5.48. The van der Waals surface area contributed by atoms with E-state index in [1.165, 1.54) is 16.2 Å². The molecule has 21 heavy (non-hydrogen) atoms. The number of hydrogen-bond donors (Lipinski definition) is 1. The van der Waals surface area contributed by atoms with Crippen LogP contribution in [0.4, 0.5) is 4.79 Å². The van der Waals surface area contributed by atoms with Crippen molar-refractivity contribution < 1.29 is 9.63 Å². The third-order valence-corrected chi connectivity index (χ3v) is 4.13. The normalized spacial score (nSPS) is 22.2. The Kier molecular flexibility index (Phi) is 2.89. The molecule has 4 nitrogen and oxygen atoms in total. The molecule has 2 amide bonds. The van der Waals surface area contributed by atoms with Crippen LogP contribution in [0.3, 0.4) is 0 Å². The van der Waals surface area contributed by atoms with Crippen molar-refractivity contribution in [3.8, 4) is 0 Å². The third kappa shape index (κ3) is 2.28. The van der Waals surface area contributed by atoms with Gasteiger partial charge in [0, 0.05) is 18.0 Å². The quantitative estimate of drug-likeness (QED) is 0.878. The van der Waals surface area contributed by atoms with Gasteiger partial charge in [0.15, 0.2) is 0 Å². The van der Waals surface area contributed by atoms with Crippen LogP contribution in [0.2, 0.25) is 0 Å². The number of fused-ring (bicyclic) bond motifs is 1. The molecule has 0 aromatic heterocycles. The molecule has 4 rings (SSSR count). The first-order valence-electron chi connectivity index (χ1n) is 7.19. The second-order valence-electron chi connectivity index (χ2n) is 5.48. The van der Waals surface area contributed by atoms with Crippen molar-refractivity contribution >= 4 is 6.03 Å². The van der Waals surface area contributed by atoms with E-state index in [2.05, 4.69) is 23.5 Å². The first-order valence-corrected chi connectivity index (χ1v) is 7.19. The standard InChI is InChI=1S/C17H16N2O2/c20-17(19-16(21-19)12-6-2-1-3-7-12)18-11-14-10-13-8-4-5-9-15(13)14/h1-9,14,16H,10-11H2,(H,18,20). The molecule has 2 aromatic rings. The highest BCUT2D eigenvalue weighted by atomic mass is 16.8. The lowest BCUT2D eigenvalue weighted by Gasteiger charge is -2.30. The van der Waals surface area contributed by atoms with Gasteiger partial charge in [-0.15, -0.1) is 0 Å². The van der Waals surface area contributed by atoms with Gasteiger partial charge < -0.3 is 5.32 Å². The highest BCUT2D eigenvalue weighted by Crippen LogP contribution is 2.37. The van der Waals surface area contributed by atoms with Crippen LogP contribution in [0, 0.1) is 0 Å². The van der Waals surface area contributed by atoms with Crippen molar-refractivity contribution in [2.45, 2.75) is 18.6 Å². The first kappa shape index (κ1) is 12.4. The molecular weight excluding hydrogens is 264 g/mol. The van der Waals surface area contributed by atoms with E-state index in [9.17, 15) is 4.79 Å². The zero-order valence-corrected chi connectivity index (χ0v) is 11.5.